The van der Waals surface area contributed by atoms with Gasteiger partial charge in [-0.05, 0) is 42.5 Å². The van der Waals surface area contributed by atoms with Gasteiger partial charge in [0, 0.05) is 10.0 Å². The van der Waals surface area contributed by atoms with Gasteiger partial charge in [-0.3, -0.25) is 5.32 Å². The van der Waals surface area contributed by atoms with Gasteiger partial charge in [-0.2, -0.15) is 0 Å². The summed E-state index contributed by atoms with van der Waals surface area (Å²) in [6.07, 6.45) is -1.37. The molecular weight excluding hydrogens is 337 g/mol. The minimum Gasteiger partial charge on any atom is -0.465 e. The van der Waals surface area contributed by atoms with E-state index in [1.165, 1.54) is 42.5 Å². The monoisotopic (exact) mass is 345 g/mol. The van der Waals surface area contributed by atoms with Gasteiger partial charge in [0.05, 0.1) is 15.5 Å². The molecule has 0 bridgehead atoms. The van der Waals surface area contributed by atoms with E-state index in [-0.39, 0.29) is 20.5 Å². The van der Waals surface area contributed by atoms with Gasteiger partial charge in [0.15, 0.2) is 0 Å². The molecule has 0 radical (unpaired) electrons. The molecule has 0 saturated heterocycles. The van der Waals surface area contributed by atoms with Crippen molar-refractivity contribution in [3.05, 3.63) is 52.5 Å². The molecule has 21 heavy (non-hydrogen) atoms. The molecule has 0 aliphatic carbocycles. The number of carbonyl (C=O) groups is 1. The number of sulfone groups is 1. The van der Waals surface area contributed by atoms with E-state index in [1.807, 2.05) is 5.32 Å². The zero-order valence-electron chi connectivity index (χ0n) is 10.4. The smallest absolute Gasteiger partial charge is 0.409 e. The van der Waals surface area contributed by atoms with E-state index in [2.05, 4.69) is 0 Å². The normalized spacial score (nSPS) is 11.1. The number of hydrogen-bond donors (Lipinski definition) is 2. The summed E-state index contributed by atoms with van der Waals surface area (Å²) in [6.45, 7) is 0. The Labute approximate surface area is 131 Å². The average Bonchev–Trinajstić information content (AvgIpc) is 2.40. The molecule has 8 heteroatoms. The molecule has 1 amide bonds. The van der Waals surface area contributed by atoms with E-state index in [1.54, 1.807) is 0 Å². The van der Waals surface area contributed by atoms with Crippen molar-refractivity contribution in [3.63, 3.8) is 0 Å². The van der Waals surface area contributed by atoms with Crippen molar-refractivity contribution < 1.29 is 18.3 Å². The Morgan fingerprint density at radius 1 is 1.00 bits per heavy atom. The maximum absolute atomic E-state index is 12.6. The van der Waals surface area contributed by atoms with Crippen molar-refractivity contribution in [2.24, 2.45) is 0 Å². The topological polar surface area (TPSA) is 83.5 Å². The highest BCUT2D eigenvalue weighted by Crippen LogP contribution is 2.30. The van der Waals surface area contributed by atoms with E-state index >= 15 is 0 Å². The molecule has 2 aromatic rings. The van der Waals surface area contributed by atoms with Crippen LogP contribution in [-0.2, 0) is 9.84 Å². The van der Waals surface area contributed by atoms with Crippen LogP contribution in [0.1, 0.15) is 0 Å². The lowest BCUT2D eigenvalue weighted by molar-refractivity contribution is 0.209. The molecule has 110 valence electrons. The highest BCUT2D eigenvalue weighted by atomic mass is 35.5. The van der Waals surface area contributed by atoms with E-state index in [0.717, 1.165) is 0 Å². The molecule has 0 spiro atoms. The van der Waals surface area contributed by atoms with Gasteiger partial charge in [-0.1, -0.05) is 23.2 Å². The highest BCUT2D eigenvalue weighted by Gasteiger charge is 2.22. The van der Waals surface area contributed by atoms with E-state index in [4.69, 9.17) is 28.3 Å². The minimum absolute atomic E-state index is 0.0115. The number of carboxylic acid groups (broad SMARTS) is 1. The molecule has 0 atom stereocenters. The van der Waals surface area contributed by atoms with Crippen molar-refractivity contribution in [2.45, 2.75) is 9.79 Å². The second-order valence-electron chi connectivity index (χ2n) is 4.03. The second kappa shape index (κ2) is 5.93. The van der Waals surface area contributed by atoms with E-state index < -0.39 is 15.9 Å². The first-order chi connectivity index (χ1) is 9.80. The standard InChI is InChI=1S/C13H9Cl2NO4S/c14-8-1-4-10(5-2-8)21(19,20)12-7-9(15)3-6-11(12)16-13(17)18/h1-7,16H,(H,17,18). The molecule has 2 rings (SSSR count). The summed E-state index contributed by atoms with van der Waals surface area (Å²) in [5.74, 6) is 0. The van der Waals surface area contributed by atoms with Crippen LogP contribution < -0.4 is 5.32 Å². The summed E-state index contributed by atoms with van der Waals surface area (Å²) in [6, 6.07) is 9.42. The van der Waals surface area contributed by atoms with Gasteiger partial charge in [0.25, 0.3) is 0 Å². The van der Waals surface area contributed by atoms with E-state index in [9.17, 15) is 13.2 Å². The third kappa shape index (κ3) is 3.47. The number of halogens is 2. The molecule has 0 saturated carbocycles. The van der Waals surface area contributed by atoms with Crippen molar-refractivity contribution in [1.82, 2.24) is 0 Å². The lowest BCUT2D eigenvalue weighted by Gasteiger charge is -2.11. The summed E-state index contributed by atoms with van der Waals surface area (Å²) in [5.41, 5.74) is -0.0677. The molecule has 0 fully saturated rings. The fourth-order valence-corrected chi connectivity index (χ4v) is 3.48. The van der Waals surface area contributed by atoms with Crippen LogP contribution in [0.2, 0.25) is 10.0 Å². The largest absolute Gasteiger partial charge is 0.465 e. The predicted octanol–water partition coefficient (Wildman–Crippen LogP) is 3.92. The lowest BCUT2D eigenvalue weighted by atomic mass is 10.3. The number of anilines is 1. The van der Waals surface area contributed by atoms with Crippen molar-refractivity contribution >= 4 is 44.8 Å². The lowest BCUT2D eigenvalue weighted by Crippen LogP contribution is -2.12. The number of rotatable bonds is 3. The van der Waals surface area contributed by atoms with Gasteiger partial charge in [-0.15, -0.1) is 0 Å². The Morgan fingerprint density at radius 2 is 1.57 bits per heavy atom. The van der Waals surface area contributed by atoms with Gasteiger partial charge < -0.3 is 5.11 Å². The minimum atomic E-state index is -3.92. The predicted molar refractivity (Wildman–Crippen MR) is 80.0 cm³/mol. The Kier molecular flexibility index (Phi) is 4.41. The zero-order valence-corrected chi connectivity index (χ0v) is 12.7. The third-order valence-electron chi connectivity index (χ3n) is 2.60. The Balaban J connectivity index is 2.60. The van der Waals surface area contributed by atoms with E-state index in [0.29, 0.717) is 5.02 Å². The fraction of sp³-hybridized carbons (Fsp3) is 0. The van der Waals surface area contributed by atoms with Crippen LogP contribution in [0.4, 0.5) is 10.5 Å². The van der Waals surface area contributed by atoms with Crippen LogP contribution in [0.15, 0.2) is 52.3 Å². The zero-order chi connectivity index (χ0) is 15.6. The molecule has 0 unspecified atom stereocenters. The molecular formula is C13H9Cl2NO4S. The second-order valence-corrected chi connectivity index (χ2v) is 6.82. The molecule has 0 aromatic heterocycles. The van der Waals surface area contributed by atoms with Crippen LogP contribution >= 0.6 is 23.2 Å². The Morgan fingerprint density at radius 3 is 2.14 bits per heavy atom. The number of amides is 1. The molecule has 2 aromatic carbocycles. The molecule has 5 nitrogen and oxygen atoms in total. The number of hydrogen-bond acceptors (Lipinski definition) is 3. The average molecular weight is 346 g/mol. The van der Waals surface area contributed by atoms with Crippen LogP contribution in [0, 0.1) is 0 Å². The van der Waals surface area contributed by atoms with Gasteiger partial charge in [-0.25, -0.2) is 13.2 Å². The summed E-state index contributed by atoms with van der Waals surface area (Å²) in [4.78, 5) is 10.5. The van der Waals surface area contributed by atoms with Crippen LogP contribution in [0.5, 0.6) is 0 Å². The molecule has 2 N–H and O–H groups in total. The maximum atomic E-state index is 12.6. The third-order valence-corrected chi connectivity index (χ3v) is 4.90. The quantitative estimate of drug-likeness (QED) is 0.882. The summed E-state index contributed by atoms with van der Waals surface area (Å²) in [5, 5.41) is 11.4. The van der Waals surface area contributed by atoms with Gasteiger partial charge in [0.2, 0.25) is 9.84 Å². The SMILES string of the molecule is O=C(O)Nc1ccc(Cl)cc1S(=O)(=O)c1ccc(Cl)cc1. The first kappa shape index (κ1) is 15.6. The van der Waals surface area contributed by atoms with Crippen LogP contribution in [-0.4, -0.2) is 19.6 Å². The first-order valence-electron chi connectivity index (χ1n) is 5.61. The summed E-state index contributed by atoms with van der Waals surface area (Å²) < 4.78 is 25.1. The van der Waals surface area contributed by atoms with Crippen LogP contribution in [0.25, 0.3) is 0 Å². The van der Waals surface area contributed by atoms with Gasteiger partial charge in [0.1, 0.15) is 0 Å². The Hall–Kier alpha value is -1.76. The molecule has 0 heterocycles. The summed E-state index contributed by atoms with van der Waals surface area (Å²) in [7, 11) is -3.92. The Bertz CT molecular complexity index is 788. The number of nitrogens with one attached hydrogen (secondary N) is 1. The van der Waals surface area contributed by atoms with Crippen molar-refractivity contribution in [1.29, 1.82) is 0 Å². The van der Waals surface area contributed by atoms with Gasteiger partial charge >= 0.3 is 6.09 Å². The maximum Gasteiger partial charge on any atom is 0.409 e. The van der Waals surface area contributed by atoms with Crippen molar-refractivity contribution in [3.8, 4) is 0 Å². The fourth-order valence-electron chi connectivity index (χ4n) is 1.68. The number of benzene rings is 2. The summed E-state index contributed by atoms with van der Waals surface area (Å²) >= 11 is 11.5. The van der Waals surface area contributed by atoms with Crippen LogP contribution in [0.3, 0.4) is 0 Å². The first-order valence-corrected chi connectivity index (χ1v) is 7.85. The highest BCUT2D eigenvalue weighted by molar-refractivity contribution is 7.91. The molecule has 0 aliphatic rings. The van der Waals surface area contributed by atoms with Crippen molar-refractivity contribution in [2.75, 3.05) is 5.32 Å². The molecule has 0 aliphatic heterocycles.